The first-order valence-electron chi connectivity index (χ1n) is 28.5. The number of carbonyl (C=O) groups is 3. The van der Waals surface area contributed by atoms with Gasteiger partial charge in [0.25, 0.3) is 0 Å². The molecule has 0 radical (unpaired) electrons. The lowest BCUT2D eigenvalue weighted by molar-refractivity contribution is -0.166. The highest BCUT2D eigenvalue weighted by molar-refractivity contribution is 5.71. The number of esters is 3. The molecule has 0 aromatic heterocycles. The minimum atomic E-state index is -0.823. The Hall–Kier alpha value is -4.19. The molecule has 0 amide bonds. The Bertz CT molecular complexity index is 1490. The fraction of sp³-hybridized carbons (Fsp3) is 0.641. The average Bonchev–Trinajstić information content (AvgIpc) is 3.36. The third-order valence-electron chi connectivity index (χ3n) is 11.7. The number of allylic oxidation sites excluding steroid dienone is 20. The fourth-order valence-corrected chi connectivity index (χ4v) is 7.41. The second-order valence-electron chi connectivity index (χ2n) is 18.5. The molecular weight excluding hydrogens is 865 g/mol. The van der Waals surface area contributed by atoms with Crippen molar-refractivity contribution < 1.29 is 28.6 Å². The summed E-state index contributed by atoms with van der Waals surface area (Å²) in [6, 6.07) is 0. The molecule has 396 valence electrons. The van der Waals surface area contributed by atoms with Crippen molar-refractivity contribution in [1.82, 2.24) is 0 Å². The van der Waals surface area contributed by atoms with E-state index in [0.717, 1.165) is 116 Å². The zero-order valence-corrected chi connectivity index (χ0v) is 45.2. The van der Waals surface area contributed by atoms with E-state index in [-0.39, 0.29) is 37.5 Å². The molecule has 0 aromatic carbocycles. The monoisotopic (exact) mass is 969 g/mol. The molecule has 6 heteroatoms. The maximum Gasteiger partial charge on any atom is 0.306 e. The van der Waals surface area contributed by atoms with Gasteiger partial charge in [0.2, 0.25) is 0 Å². The first-order chi connectivity index (χ1) is 34.5. The van der Waals surface area contributed by atoms with Crippen LogP contribution in [0.25, 0.3) is 0 Å². The predicted molar refractivity (Wildman–Crippen MR) is 302 cm³/mol. The van der Waals surface area contributed by atoms with Gasteiger partial charge in [0.1, 0.15) is 13.2 Å². The van der Waals surface area contributed by atoms with Gasteiger partial charge in [-0.25, -0.2) is 0 Å². The standard InChI is InChI=1S/C64H104O6/c1-4-7-10-13-16-19-22-25-28-30-32-34-36-39-42-45-48-51-54-57-63(66)69-60-61(59-68-62(65)56-53-50-47-44-41-38-27-24-21-18-15-12-9-6-3)70-64(67)58-55-52-49-46-43-40-37-35-33-31-29-26-23-20-17-14-11-8-5-2/h7,10,16-17,19-20,24-29,32-35,39,42,48,51,61H,4-6,8-9,11-15,18,21-23,30-31,36-38,40-41,43-47,49-50,52-60H2,1-3H3/b10-7-,19-16-,20-17-,27-24-,28-25-,29-26-,34-32-,35-33-,42-39-,51-48-/t61-/m1/s1. The zero-order chi connectivity index (χ0) is 50.7. The number of hydrogen-bond acceptors (Lipinski definition) is 6. The van der Waals surface area contributed by atoms with Crippen molar-refractivity contribution in [3.63, 3.8) is 0 Å². The zero-order valence-electron chi connectivity index (χ0n) is 45.2. The highest BCUT2D eigenvalue weighted by Crippen LogP contribution is 2.13. The lowest BCUT2D eigenvalue weighted by Crippen LogP contribution is -2.30. The first-order valence-corrected chi connectivity index (χ1v) is 28.5. The topological polar surface area (TPSA) is 78.9 Å². The van der Waals surface area contributed by atoms with E-state index in [1.54, 1.807) is 0 Å². The lowest BCUT2D eigenvalue weighted by atomic mass is 10.1. The van der Waals surface area contributed by atoms with Crippen molar-refractivity contribution in [1.29, 1.82) is 0 Å². The van der Waals surface area contributed by atoms with Gasteiger partial charge in [-0.15, -0.1) is 0 Å². The Morgan fingerprint density at radius 3 is 1.00 bits per heavy atom. The summed E-state index contributed by atoms with van der Waals surface area (Å²) in [6.07, 6.45) is 79.1. The Morgan fingerprint density at radius 2 is 0.586 bits per heavy atom. The van der Waals surface area contributed by atoms with Gasteiger partial charge in [-0.05, 0) is 122 Å². The molecular formula is C64H104O6. The van der Waals surface area contributed by atoms with E-state index in [0.29, 0.717) is 19.3 Å². The molecule has 0 aliphatic heterocycles. The fourth-order valence-electron chi connectivity index (χ4n) is 7.41. The van der Waals surface area contributed by atoms with Gasteiger partial charge >= 0.3 is 17.9 Å². The van der Waals surface area contributed by atoms with Crippen molar-refractivity contribution in [3.05, 3.63) is 122 Å². The van der Waals surface area contributed by atoms with Gasteiger partial charge < -0.3 is 14.2 Å². The molecule has 1 atom stereocenters. The third-order valence-corrected chi connectivity index (χ3v) is 11.7. The number of ether oxygens (including phenoxy) is 3. The molecule has 6 nitrogen and oxygen atoms in total. The summed E-state index contributed by atoms with van der Waals surface area (Å²) >= 11 is 0. The van der Waals surface area contributed by atoms with Crippen LogP contribution in [0.4, 0.5) is 0 Å². The maximum atomic E-state index is 12.9. The molecule has 0 saturated carbocycles. The molecule has 0 rings (SSSR count). The van der Waals surface area contributed by atoms with Gasteiger partial charge in [0.15, 0.2) is 6.10 Å². The van der Waals surface area contributed by atoms with Crippen LogP contribution in [-0.2, 0) is 28.6 Å². The number of rotatable bonds is 50. The van der Waals surface area contributed by atoms with E-state index in [2.05, 4.69) is 136 Å². The van der Waals surface area contributed by atoms with Crippen molar-refractivity contribution in [3.8, 4) is 0 Å². The van der Waals surface area contributed by atoms with Crippen LogP contribution in [0.15, 0.2) is 122 Å². The van der Waals surface area contributed by atoms with Crippen molar-refractivity contribution >= 4 is 17.9 Å². The van der Waals surface area contributed by atoms with E-state index in [1.807, 2.05) is 6.08 Å². The van der Waals surface area contributed by atoms with Crippen molar-refractivity contribution in [2.24, 2.45) is 0 Å². The van der Waals surface area contributed by atoms with E-state index in [9.17, 15) is 14.4 Å². The number of hydrogen-bond donors (Lipinski definition) is 0. The Kier molecular flexibility index (Phi) is 54.0. The lowest BCUT2D eigenvalue weighted by Gasteiger charge is -2.18. The van der Waals surface area contributed by atoms with Crippen LogP contribution < -0.4 is 0 Å². The SMILES string of the molecule is CC/C=C\C/C=C\C/C=C\C/C=C\C/C=C\C/C=C\CCC(=O)OC[C@@H](COC(=O)CCCCCCC/C=C\CCCCCCC)OC(=O)CCCCCCCC/C=C\C/C=C\C/C=C\CCCCC. The van der Waals surface area contributed by atoms with Gasteiger partial charge in [0.05, 0.1) is 0 Å². The quantitative estimate of drug-likeness (QED) is 0.0262. The van der Waals surface area contributed by atoms with Crippen LogP contribution in [0.3, 0.4) is 0 Å². The summed E-state index contributed by atoms with van der Waals surface area (Å²) in [5.41, 5.74) is 0. The summed E-state index contributed by atoms with van der Waals surface area (Å²) in [5.74, 6) is -1.02. The summed E-state index contributed by atoms with van der Waals surface area (Å²) in [6.45, 7) is 6.40. The second-order valence-corrected chi connectivity index (χ2v) is 18.5. The van der Waals surface area contributed by atoms with Crippen LogP contribution >= 0.6 is 0 Å². The molecule has 0 N–H and O–H groups in total. The molecule has 0 aliphatic carbocycles. The van der Waals surface area contributed by atoms with Gasteiger partial charge in [0, 0.05) is 19.3 Å². The molecule has 0 spiro atoms. The van der Waals surface area contributed by atoms with Gasteiger partial charge in [-0.1, -0.05) is 226 Å². The molecule has 0 heterocycles. The average molecular weight is 970 g/mol. The molecule has 0 fully saturated rings. The smallest absolute Gasteiger partial charge is 0.306 e. The van der Waals surface area contributed by atoms with E-state index in [4.69, 9.17) is 14.2 Å². The van der Waals surface area contributed by atoms with Gasteiger partial charge in [-0.3, -0.25) is 14.4 Å². The largest absolute Gasteiger partial charge is 0.462 e. The molecule has 70 heavy (non-hydrogen) atoms. The Morgan fingerprint density at radius 1 is 0.300 bits per heavy atom. The molecule has 0 saturated heterocycles. The number of unbranched alkanes of at least 4 members (excludes halogenated alkanes) is 19. The van der Waals surface area contributed by atoms with E-state index < -0.39 is 6.10 Å². The molecule has 0 bridgehead atoms. The third kappa shape index (κ3) is 54.7. The first kappa shape index (κ1) is 65.8. The van der Waals surface area contributed by atoms with Crippen molar-refractivity contribution in [2.45, 2.75) is 252 Å². The van der Waals surface area contributed by atoms with Crippen molar-refractivity contribution in [2.75, 3.05) is 13.2 Å². The normalized spacial score (nSPS) is 13.0. The van der Waals surface area contributed by atoms with Gasteiger partial charge in [-0.2, -0.15) is 0 Å². The minimum Gasteiger partial charge on any atom is -0.462 e. The Balaban J connectivity index is 4.55. The molecule has 0 unspecified atom stereocenters. The maximum absolute atomic E-state index is 12.9. The van der Waals surface area contributed by atoms with Crippen LogP contribution in [-0.4, -0.2) is 37.2 Å². The molecule has 0 aliphatic rings. The Labute approximate surface area is 431 Å². The van der Waals surface area contributed by atoms with Crippen LogP contribution in [0, 0.1) is 0 Å². The summed E-state index contributed by atoms with van der Waals surface area (Å²) < 4.78 is 16.8. The predicted octanol–water partition coefficient (Wildman–Crippen LogP) is 19.3. The minimum absolute atomic E-state index is 0.114. The number of carbonyl (C=O) groups excluding carboxylic acids is 3. The van der Waals surface area contributed by atoms with E-state index >= 15 is 0 Å². The second kappa shape index (κ2) is 57.4. The van der Waals surface area contributed by atoms with E-state index in [1.165, 1.54) is 83.5 Å². The van der Waals surface area contributed by atoms with Crippen LogP contribution in [0.5, 0.6) is 0 Å². The van der Waals surface area contributed by atoms with Crippen LogP contribution in [0.1, 0.15) is 245 Å². The summed E-state index contributed by atoms with van der Waals surface area (Å²) in [5, 5.41) is 0. The summed E-state index contributed by atoms with van der Waals surface area (Å²) in [4.78, 5) is 38.1. The van der Waals surface area contributed by atoms with Crippen LogP contribution in [0.2, 0.25) is 0 Å². The highest BCUT2D eigenvalue weighted by atomic mass is 16.6. The highest BCUT2D eigenvalue weighted by Gasteiger charge is 2.19. The molecule has 0 aromatic rings. The summed E-state index contributed by atoms with van der Waals surface area (Å²) in [7, 11) is 0.